The summed E-state index contributed by atoms with van der Waals surface area (Å²) in [6, 6.07) is 7.88. The maximum absolute atomic E-state index is 11.9. The molecular formula is C17H22N2O3S. The quantitative estimate of drug-likeness (QED) is 0.810. The lowest BCUT2D eigenvalue weighted by Gasteiger charge is -2.10. The fourth-order valence-electron chi connectivity index (χ4n) is 2.09. The molecule has 1 aromatic rings. The standard InChI is InChI=1S/C17H22N2O3S/c1-12(2)22-14-6-4-13(5-7-14)8-9-18-15(20)10-17-19(3)16(21)11-23-17/h4-7,10,12H,8-9,11H2,1-3H3,(H,18,20)/b17-10+. The van der Waals surface area contributed by atoms with Gasteiger partial charge in [0.25, 0.3) is 0 Å². The van der Waals surface area contributed by atoms with Crippen LogP contribution in [0.2, 0.25) is 0 Å². The lowest BCUT2D eigenvalue weighted by Crippen LogP contribution is -2.25. The van der Waals surface area contributed by atoms with Crippen molar-refractivity contribution in [3.8, 4) is 5.75 Å². The molecule has 5 nitrogen and oxygen atoms in total. The zero-order valence-electron chi connectivity index (χ0n) is 13.7. The molecule has 0 unspecified atom stereocenters. The second-order valence-electron chi connectivity index (χ2n) is 5.58. The summed E-state index contributed by atoms with van der Waals surface area (Å²) < 4.78 is 5.59. The Morgan fingerprint density at radius 2 is 2.09 bits per heavy atom. The van der Waals surface area contributed by atoms with E-state index < -0.39 is 0 Å². The van der Waals surface area contributed by atoms with Gasteiger partial charge in [0.05, 0.1) is 16.9 Å². The molecule has 0 atom stereocenters. The summed E-state index contributed by atoms with van der Waals surface area (Å²) in [5.74, 6) is 1.11. The van der Waals surface area contributed by atoms with Crippen molar-refractivity contribution in [2.24, 2.45) is 0 Å². The number of hydrogen-bond donors (Lipinski definition) is 1. The number of benzene rings is 1. The highest BCUT2D eigenvalue weighted by Crippen LogP contribution is 2.26. The van der Waals surface area contributed by atoms with E-state index in [1.165, 1.54) is 22.7 Å². The summed E-state index contributed by atoms with van der Waals surface area (Å²) in [4.78, 5) is 24.8. The predicted molar refractivity (Wildman–Crippen MR) is 92.2 cm³/mol. The van der Waals surface area contributed by atoms with Crippen molar-refractivity contribution in [3.05, 3.63) is 40.9 Å². The van der Waals surface area contributed by atoms with Crippen LogP contribution in [0.25, 0.3) is 0 Å². The van der Waals surface area contributed by atoms with Crippen LogP contribution in [-0.2, 0) is 16.0 Å². The molecule has 0 spiro atoms. The smallest absolute Gasteiger partial charge is 0.246 e. The van der Waals surface area contributed by atoms with E-state index in [1.807, 2.05) is 38.1 Å². The van der Waals surface area contributed by atoms with Crippen molar-refractivity contribution in [1.82, 2.24) is 10.2 Å². The van der Waals surface area contributed by atoms with E-state index in [4.69, 9.17) is 4.74 Å². The van der Waals surface area contributed by atoms with Gasteiger partial charge < -0.3 is 15.0 Å². The number of amides is 2. The van der Waals surface area contributed by atoms with Gasteiger partial charge in [-0.1, -0.05) is 23.9 Å². The monoisotopic (exact) mass is 334 g/mol. The fourth-order valence-corrected chi connectivity index (χ4v) is 3.04. The van der Waals surface area contributed by atoms with Crippen LogP contribution in [0.4, 0.5) is 0 Å². The number of carbonyl (C=O) groups excluding carboxylic acids is 2. The number of carbonyl (C=O) groups is 2. The average Bonchev–Trinajstić information content (AvgIpc) is 2.80. The Labute approximate surface area is 141 Å². The zero-order chi connectivity index (χ0) is 16.8. The SMILES string of the molecule is CC(C)Oc1ccc(CCNC(=O)/C=C2/SCC(=O)N2C)cc1. The van der Waals surface area contributed by atoms with Gasteiger partial charge in [0.2, 0.25) is 11.8 Å². The minimum Gasteiger partial charge on any atom is -0.491 e. The van der Waals surface area contributed by atoms with Crippen LogP contribution >= 0.6 is 11.8 Å². The number of hydrogen-bond acceptors (Lipinski definition) is 4. The number of nitrogens with zero attached hydrogens (tertiary/aromatic N) is 1. The van der Waals surface area contributed by atoms with Gasteiger partial charge in [0.1, 0.15) is 5.75 Å². The Kier molecular flexibility index (Phi) is 6.10. The minimum absolute atomic E-state index is 0.0257. The first kappa shape index (κ1) is 17.4. The molecule has 0 bridgehead atoms. The molecule has 0 saturated carbocycles. The van der Waals surface area contributed by atoms with Crippen molar-refractivity contribution in [2.45, 2.75) is 26.4 Å². The predicted octanol–water partition coefficient (Wildman–Crippen LogP) is 2.18. The fraction of sp³-hybridized carbons (Fsp3) is 0.412. The van der Waals surface area contributed by atoms with Crippen molar-refractivity contribution in [2.75, 3.05) is 19.3 Å². The van der Waals surface area contributed by atoms with Crippen LogP contribution in [0.1, 0.15) is 19.4 Å². The molecule has 6 heteroatoms. The third-order valence-corrected chi connectivity index (χ3v) is 4.39. The Hall–Kier alpha value is -1.95. The number of nitrogens with one attached hydrogen (secondary N) is 1. The molecule has 1 fully saturated rings. The van der Waals surface area contributed by atoms with Gasteiger partial charge in [-0.2, -0.15) is 0 Å². The third kappa shape index (κ3) is 5.32. The van der Waals surface area contributed by atoms with Crippen molar-refractivity contribution < 1.29 is 14.3 Å². The molecular weight excluding hydrogens is 312 g/mol. The second kappa shape index (κ2) is 8.06. The van der Waals surface area contributed by atoms with Gasteiger partial charge in [-0.05, 0) is 38.0 Å². The van der Waals surface area contributed by atoms with Gasteiger partial charge >= 0.3 is 0 Å². The molecule has 0 aliphatic carbocycles. The van der Waals surface area contributed by atoms with E-state index in [0.29, 0.717) is 17.3 Å². The molecule has 124 valence electrons. The highest BCUT2D eigenvalue weighted by molar-refractivity contribution is 8.04. The Morgan fingerprint density at radius 3 is 2.65 bits per heavy atom. The lowest BCUT2D eigenvalue weighted by atomic mass is 10.1. The first-order valence-electron chi connectivity index (χ1n) is 7.60. The average molecular weight is 334 g/mol. The summed E-state index contributed by atoms with van der Waals surface area (Å²) in [5.41, 5.74) is 1.14. The first-order valence-corrected chi connectivity index (χ1v) is 8.58. The lowest BCUT2D eigenvalue weighted by molar-refractivity contribution is -0.124. The molecule has 0 radical (unpaired) electrons. The van der Waals surface area contributed by atoms with Gasteiger partial charge in [-0.3, -0.25) is 9.59 Å². The summed E-state index contributed by atoms with van der Waals surface area (Å²) in [5, 5.41) is 3.54. The molecule has 1 N–H and O–H groups in total. The highest BCUT2D eigenvalue weighted by atomic mass is 32.2. The topological polar surface area (TPSA) is 58.6 Å². The normalized spacial score (nSPS) is 16.3. The van der Waals surface area contributed by atoms with Crippen molar-refractivity contribution >= 4 is 23.6 Å². The molecule has 1 saturated heterocycles. The van der Waals surface area contributed by atoms with E-state index in [0.717, 1.165) is 17.7 Å². The Bertz CT molecular complexity index is 596. The van der Waals surface area contributed by atoms with Crippen LogP contribution in [0.15, 0.2) is 35.4 Å². The number of rotatable bonds is 6. The van der Waals surface area contributed by atoms with E-state index >= 15 is 0 Å². The Morgan fingerprint density at radius 1 is 1.39 bits per heavy atom. The molecule has 0 aromatic heterocycles. The molecule has 1 aliphatic rings. The molecule has 1 heterocycles. The molecule has 1 aromatic carbocycles. The highest BCUT2D eigenvalue weighted by Gasteiger charge is 2.23. The van der Waals surface area contributed by atoms with Crippen LogP contribution in [0, 0.1) is 0 Å². The van der Waals surface area contributed by atoms with E-state index in [2.05, 4.69) is 5.32 Å². The molecule has 2 rings (SSSR count). The maximum atomic E-state index is 11.9. The molecule has 2 amide bonds. The summed E-state index contributed by atoms with van der Waals surface area (Å²) in [6.45, 7) is 4.53. The summed E-state index contributed by atoms with van der Waals surface area (Å²) >= 11 is 1.39. The molecule has 23 heavy (non-hydrogen) atoms. The summed E-state index contributed by atoms with van der Waals surface area (Å²) in [6.07, 6.45) is 2.39. The van der Waals surface area contributed by atoms with Gasteiger partial charge in [-0.25, -0.2) is 0 Å². The van der Waals surface area contributed by atoms with E-state index in [1.54, 1.807) is 7.05 Å². The van der Waals surface area contributed by atoms with Gasteiger partial charge in [0.15, 0.2) is 0 Å². The van der Waals surface area contributed by atoms with Crippen LogP contribution < -0.4 is 10.1 Å². The Balaban J connectivity index is 1.77. The maximum Gasteiger partial charge on any atom is 0.246 e. The largest absolute Gasteiger partial charge is 0.491 e. The van der Waals surface area contributed by atoms with Crippen molar-refractivity contribution in [3.63, 3.8) is 0 Å². The summed E-state index contributed by atoms with van der Waals surface area (Å²) in [7, 11) is 1.68. The zero-order valence-corrected chi connectivity index (χ0v) is 14.5. The van der Waals surface area contributed by atoms with Gasteiger partial charge in [-0.15, -0.1) is 0 Å². The number of thioether (sulfide) groups is 1. The van der Waals surface area contributed by atoms with Gasteiger partial charge in [0, 0.05) is 19.7 Å². The van der Waals surface area contributed by atoms with E-state index in [-0.39, 0.29) is 17.9 Å². The van der Waals surface area contributed by atoms with Crippen molar-refractivity contribution in [1.29, 1.82) is 0 Å². The number of ether oxygens (including phenoxy) is 1. The van der Waals surface area contributed by atoms with Crippen LogP contribution in [0.3, 0.4) is 0 Å². The third-order valence-electron chi connectivity index (χ3n) is 3.31. The van der Waals surface area contributed by atoms with Crippen LogP contribution in [0.5, 0.6) is 5.75 Å². The van der Waals surface area contributed by atoms with Crippen LogP contribution in [-0.4, -0.2) is 42.2 Å². The molecule has 1 aliphatic heterocycles. The minimum atomic E-state index is -0.172. The second-order valence-corrected chi connectivity index (χ2v) is 6.57. The van der Waals surface area contributed by atoms with E-state index in [9.17, 15) is 9.59 Å². The first-order chi connectivity index (χ1) is 11.0.